The van der Waals surface area contributed by atoms with Crippen molar-refractivity contribution < 1.29 is 9.84 Å². The Morgan fingerprint density at radius 3 is 2.52 bits per heavy atom. The van der Waals surface area contributed by atoms with Gasteiger partial charge in [-0.15, -0.1) is 12.4 Å². The van der Waals surface area contributed by atoms with Gasteiger partial charge in [-0.05, 0) is 50.4 Å². The van der Waals surface area contributed by atoms with E-state index in [1.165, 1.54) is 25.7 Å². The van der Waals surface area contributed by atoms with Crippen LogP contribution < -0.4 is 10.1 Å². The highest BCUT2D eigenvalue weighted by molar-refractivity contribution is 5.85. The minimum absolute atomic E-state index is 0. The van der Waals surface area contributed by atoms with Gasteiger partial charge in [0.1, 0.15) is 0 Å². The van der Waals surface area contributed by atoms with Crippen LogP contribution in [0.15, 0.2) is 18.2 Å². The summed E-state index contributed by atoms with van der Waals surface area (Å²) < 4.78 is 5.09. The molecule has 21 heavy (non-hydrogen) atoms. The Morgan fingerprint density at radius 2 is 1.95 bits per heavy atom. The van der Waals surface area contributed by atoms with Gasteiger partial charge < -0.3 is 15.2 Å². The van der Waals surface area contributed by atoms with Crippen molar-refractivity contribution in [3.05, 3.63) is 23.8 Å². The van der Waals surface area contributed by atoms with Crippen molar-refractivity contribution in [1.29, 1.82) is 0 Å². The molecule has 2 fully saturated rings. The SMILES string of the molecule is COc1ccc(CN(C)C2CC3CCC(C2)N3)cc1O.Cl. The van der Waals surface area contributed by atoms with Crippen molar-refractivity contribution in [2.45, 2.75) is 50.4 Å². The topological polar surface area (TPSA) is 44.7 Å². The number of benzene rings is 1. The largest absolute Gasteiger partial charge is 0.504 e. The molecule has 2 atom stereocenters. The number of nitrogens with one attached hydrogen (secondary N) is 1. The zero-order chi connectivity index (χ0) is 14.1. The molecule has 3 rings (SSSR count). The van der Waals surface area contributed by atoms with E-state index in [1.807, 2.05) is 18.2 Å². The number of piperidine rings is 1. The van der Waals surface area contributed by atoms with Crippen molar-refractivity contribution in [2.75, 3.05) is 14.2 Å². The van der Waals surface area contributed by atoms with Crippen LogP contribution in [0.25, 0.3) is 0 Å². The number of ether oxygens (including phenoxy) is 1. The second-order valence-electron chi connectivity index (χ2n) is 6.18. The van der Waals surface area contributed by atoms with Crippen molar-refractivity contribution in [1.82, 2.24) is 10.2 Å². The molecule has 0 aliphatic carbocycles. The summed E-state index contributed by atoms with van der Waals surface area (Å²) in [6, 6.07) is 7.76. The standard InChI is InChI=1S/C16H24N2O2.ClH/c1-18(14-8-12-4-5-13(9-14)17-12)10-11-3-6-16(20-2)15(19)7-11;/h3,6-7,12-14,17,19H,4-5,8-10H2,1-2H3;1H. The van der Waals surface area contributed by atoms with E-state index in [-0.39, 0.29) is 18.2 Å². The fraction of sp³-hybridized carbons (Fsp3) is 0.625. The first-order valence-corrected chi connectivity index (χ1v) is 7.48. The highest BCUT2D eigenvalue weighted by Gasteiger charge is 2.34. The van der Waals surface area contributed by atoms with Crippen molar-refractivity contribution in [2.24, 2.45) is 0 Å². The summed E-state index contributed by atoms with van der Waals surface area (Å²) >= 11 is 0. The van der Waals surface area contributed by atoms with Gasteiger partial charge in [-0.3, -0.25) is 4.90 Å². The number of nitrogens with zero attached hydrogens (tertiary/aromatic N) is 1. The third-order valence-corrected chi connectivity index (χ3v) is 4.75. The average molecular weight is 313 g/mol. The molecule has 0 amide bonds. The first-order chi connectivity index (χ1) is 9.65. The highest BCUT2D eigenvalue weighted by Crippen LogP contribution is 2.31. The first-order valence-electron chi connectivity index (χ1n) is 7.48. The monoisotopic (exact) mass is 312 g/mol. The zero-order valence-corrected chi connectivity index (χ0v) is 13.5. The molecule has 1 aromatic carbocycles. The van der Waals surface area contributed by atoms with Crippen LogP contribution in [0.5, 0.6) is 11.5 Å². The first kappa shape index (κ1) is 16.4. The van der Waals surface area contributed by atoms with Crippen LogP contribution >= 0.6 is 12.4 Å². The maximum Gasteiger partial charge on any atom is 0.160 e. The van der Waals surface area contributed by atoms with Crippen LogP contribution in [0.4, 0.5) is 0 Å². The Kier molecular flexibility index (Phi) is 5.36. The number of phenolic OH excluding ortho intramolecular Hbond substituents is 1. The Balaban J connectivity index is 0.00000161. The van der Waals surface area contributed by atoms with Crippen LogP contribution in [0.3, 0.4) is 0 Å². The maximum atomic E-state index is 9.86. The number of hydrogen-bond donors (Lipinski definition) is 2. The Morgan fingerprint density at radius 1 is 1.29 bits per heavy atom. The Bertz CT molecular complexity index is 471. The van der Waals surface area contributed by atoms with E-state index in [9.17, 15) is 5.11 Å². The van der Waals surface area contributed by atoms with Gasteiger partial charge in [0.15, 0.2) is 11.5 Å². The molecule has 0 radical (unpaired) electrons. The van der Waals surface area contributed by atoms with Crippen molar-refractivity contribution in [3.8, 4) is 11.5 Å². The summed E-state index contributed by atoms with van der Waals surface area (Å²) in [4.78, 5) is 2.42. The second-order valence-corrected chi connectivity index (χ2v) is 6.18. The fourth-order valence-electron chi connectivity index (χ4n) is 3.64. The van der Waals surface area contributed by atoms with Crippen LogP contribution in [0, 0.1) is 0 Å². The molecule has 118 valence electrons. The molecule has 4 nitrogen and oxygen atoms in total. The van der Waals surface area contributed by atoms with Gasteiger partial charge in [-0.1, -0.05) is 6.07 Å². The van der Waals surface area contributed by atoms with Gasteiger partial charge in [-0.25, -0.2) is 0 Å². The summed E-state index contributed by atoms with van der Waals surface area (Å²) in [7, 11) is 3.77. The molecule has 2 heterocycles. The van der Waals surface area contributed by atoms with Crippen LogP contribution in [0.2, 0.25) is 0 Å². The molecule has 1 aromatic rings. The van der Waals surface area contributed by atoms with Crippen molar-refractivity contribution in [3.63, 3.8) is 0 Å². The lowest BCUT2D eigenvalue weighted by Crippen LogP contribution is -2.46. The molecule has 2 N–H and O–H groups in total. The van der Waals surface area contributed by atoms with E-state index in [2.05, 4.69) is 17.3 Å². The average Bonchev–Trinajstić information content (AvgIpc) is 2.77. The second kappa shape index (κ2) is 6.86. The van der Waals surface area contributed by atoms with E-state index in [4.69, 9.17) is 4.74 Å². The maximum absolute atomic E-state index is 9.86. The van der Waals surface area contributed by atoms with E-state index in [1.54, 1.807) is 7.11 Å². The molecule has 0 aromatic heterocycles. The zero-order valence-electron chi connectivity index (χ0n) is 12.7. The van der Waals surface area contributed by atoms with Gasteiger partial charge in [0.25, 0.3) is 0 Å². The lowest BCUT2D eigenvalue weighted by atomic mass is 9.98. The molecule has 0 spiro atoms. The quantitative estimate of drug-likeness (QED) is 0.897. The van der Waals surface area contributed by atoms with Crippen LogP contribution in [0.1, 0.15) is 31.2 Å². The molecule has 2 bridgehead atoms. The minimum Gasteiger partial charge on any atom is -0.504 e. The van der Waals surface area contributed by atoms with Gasteiger partial charge in [0.05, 0.1) is 7.11 Å². The van der Waals surface area contributed by atoms with Crippen molar-refractivity contribution >= 4 is 12.4 Å². The third kappa shape index (κ3) is 3.62. The molecule has 2 aliphatic heterocycles. The van der Waals surface area contributed by atoms with Gasteiger partial charge in [0.2, 0.25) is 0 Å². The minimum atomic E-state index is 0. The number of phenols is 1. The fourth-order valence-corrected chi connectivity index (χ4v) is 3.64. The molecule has 2 aliphatic rings. The lowest BCUT2D eigenvalue weighted by molar-refractivity contribution is 0.166. The van der Waals surface area contributed by atoms with Crippen LogP contribution in [-0.2, 0) is 6.54 Å². The summed E-state index contributed by atoms with van der Waals surface area (Å²) in [6.45, 7) is 0.877. The number of aromatic hydroxyl groups is 1. The smallest absolute Gasteiger partial charge is 0.160 e. The predicted molar refractivity (Wildman–Crippen MR) is 86.3 cm³/mol. The number of rotatable bonds is 4. The van der Waals surface area contributed by atoms with E-state index in [0.717, 1.165) is 12.1 Å². The number of fused-ring (bicyclic) bond motifs is 2. The van der Waals surface area contributed by atoms with Gasteiger partial charge in [-0.2, -0.15) is 0 Å². The Labute approximate surface area is 132 Å². The number of hydrogen-bond acceptors (Lipinski definition) is 4. The molecule has 2 unspecified atom stereocenters. The predicted octanol–water partition coefficient (Wildman–Crippen LogP) is 2.54. The summed E-state index contributed by atoms with van der Waals surface area (Å²) in [6.07, 6.45) is 5.15. The summed E-state index contributed by atoms with van der Waals surface area (Å²) in [5.74, 6) is 0.764. The molecular formula is C16H25ClN2O2. The number of methoxy groups -OCH3 is 1. The van der Waals surface area contributed by atoms with E-state index >= 15 is 0 Å². The number of halogens is 1. The normalized spacial score (nSPS) is 27.5. The molecule has 5 heteroatoms. The summed E-state index contributed by atoms with van der Waals surface area (Å²) in [5, 5.41) is 13.5. The molecule has 2 saturated heterocycles. The van der Waals surface area contributed by atoms with E-state index in [0.29, 0.717) is 23.9 Å². The van der Waals surface area contributed by atoms with E-state index < -0.39 is 0 Å². The highest BCUT2D eigenvalue weighted by atomic mass is 35.5. The molecular weight excluding hydrogens is 288 g/mol. The van der Waals surface area contributed by atoms with Crippen LogP contribution in [-0.4, -0.2) is 42.3 Å². The lowest BCUT2D eigenvalue weighted by Gasteiger charge is -2.35. The third-order valence-electron chi connectivity index (χ3n) is 4.75. The Hall–Kier alpha value is -0.970. The van der Waals surface area contributed by atoms with Gasteiger partial charge >= 0.3 is 0 Å². The molecule has 0 saturated carbocycles. The summed E-state index contributed by atoms with van der Waals surface area (Å²) in [5.41, 5.74) is 1.14. The van der Waals surface area contributed by atoms with Gasteiger partial charge in [0, 0.05) is 24.7 Å².